The van der Waals surface area contributed by atoms with Crippen LogP contribution in [0.25, 0.3) is 0 Å². The van der Waals surface area contributed by atoms with Crippen molar-refractivity contribution in [1.29, 1.82) is 0 Å². The van der Waals surface area contributed by atoms with Crippen LogP contribution in [0.2, 0.25) is 10.2 Å². The summed E-state index contributed by atoms with van der Waals surface area (Å²) in [6.45, 7) is 0. The van der Waals surface area contributed by atoms with Crippen LogP contribution >= 0.6 is 23.2 Å². The van der Waals surface area contributed by atoms with Crippen LogP contribution in [0.15, 0.2) is 36.5 Å². The number of nitrogens with one attached hydrogen (secondary N) is 1. The minimum absolute atomic E-state index is 0.240. The van der Waals surface area contributed by atoms with Crippen LogP contribution in [0, 0.1) is 0 Å². The molecule has 18 heavy (non-hydrogen) atoms. The van der Waals surface area contributed by atoms with Gasteiger partial charge in [-0.15, -0.1) is 0 Å². The van der Waals surface area contributed by atoms with Crippen LogP contribution in [0.3, 0.4) is 0 Å². The zero-order valence-corrected chi connectivity index (χ0v) is 10.7. The third-order valence-corrected chi connectivity index (χ3v) is 2.75. The molecule has 1 heterocycles. The van der Waals surface area contributed by atoms with E-state index in [-0.39, 0.29) is 21.6 Å². The van der Waals surface area contributed by atoms with E-state index >= 15 is 0 Å². The number of carbonyl (C=O) groups excluding carboxylic acids is 1. The molecule has 1 aromatic carbocycles. The van der Waals surface area contributed by atoms with Crippen molar-refractivity contribution < 1.29 is 4.79 Å². The maximum absolute atomic E-state index is 11.9. The molecule has 92 valence electrons. The maximum atomic E-state index is 11.9. The van der Waals surface area contributed by atoms with Gasteiger partial charge in [0.25, 0.3) is 5.91 Å². The number of anilines is 2. The van der Waals surface area contributed by atoms with Gasteiger partial charge in [0.1, 0.15) is 5.15 Å². The number of amides is 1. The second-order valence-electron chi connectivity index (χ2n) is 3.56. The molecule has 2 rings (SSSR count). The number of hydrogen-bond donors (Lipinski definition) is 2. The molecule has 0 radical (unpaired) electrons. The second-order valence-corrected chi connectivity index (χ2v) is 4.36. The SMILES string of the molecule is Nc1ccc(NC(=O)c2cnc(Cl)cc2Cl)cc1. The van der Waals surface area contributed by atoms with Crippen molar-refractivity contribution in [3.8, 4) is 0 Å². The molecule has 4 nitrogen and oxygen atoms in total. The molecule has 0 saturated carbocycles. The average Bonchev–Trinajstić information content (AvgIpc) is 2.32. The highest BCUT2D eigenvalue weighted by Crippen LogP contribution is 2.20. The van der Waals surface area contributed by atoms with Crippen molar-refractivity contribution in [3.63, 3.8) is 0 Å². The summed E-state index contributed by atoms with van der Waals surface area (Å²) >= 11 is 11.6. The molecule has 0 spiro atoms. The zero-order chi connectivity index (χ0) is 13.1. The average molecular weight is 282 g/mol. The summed E-state index contributed by atoms with van der Waals surface area (Å²) in [5.74, 6) is -0.353. The molecule has 0 aliphatic carbocycles. The Morgan fingerprint density at radius 3 is 2.50 bits per heavy atom. The Morgan fingerprint density at radius 1 is 1.22 bits per heavy atom. The van der Waals surface area contributed by atoms with Crippen LogP contribution in [-0.4, -0.2) is 10.9 Å². The van der Waals surface area contributed by atoms with Crippen LogP contribution in [-0.2, 0) is 0 Å². The number of benzene rings is 1. The standard InChI is InChI=1S/C12H9Cl2N3O/c13-10-5-11(14)16-6-9(10)12(18)17-8-3-1-7(15)2-4-8/h1-6H,15H2,(H,17,18). The first-order chi connectivity index (χ1) is 8.56. The van der Waals surface area contributed by atoms with Gasteiger partial charge in [0, 0.05) is 17.6 Å². The van der Waals surface area contributed by atoms with E-state index in [1.807, 2.05) is 0 Å². The number of nitrogens with two attached hydrogens (primary N) is 1. The Labute approximate surface area is 114 Å². The molecule has 1 amide bonds. The molecule has 6 heteroatoms. The largest absolute Gasteiger partial charge is 0.399 e. The monoisotopic (exact) mass is 281 g/mol. The first-order valence-corrected chi connectivity index (χ1v) is 5.80. The fourth-order valence-corrected chi connectivity index (χ4v) is 1.79. The number of pyridine rings is 1. The van der Waals surface area contributed by atoms with Crippen LogP contribution in [0.4, 0.5) is 11.4 Å². The summed E-state index contributed by atoms with van der Waals surface area (Å²) in [5, 5.41) is 3.18. The van der Waals surface area contributed by atoms with Crippen LogP contribution in [0.5, 0.6) is 0 Å². The Morgan fingerprint density at radius 2 is 1.89 bits per heavy atom. The lowest BCUT2D eigenvalue weighted by molar-refractivity contribution is 0.102. The van der Waals surface area contributed by atoms with E-state index in [9.17, 15) is 4.79 Å². The number of halogens is 2. The molecule has 0 atom stereocenters. The highest BCUT2D eigenvalue weighted by molar-refractivity contribution is 6.36. The number of carbonyl (C=O) groups is 1. The van der Waals surface area contributed by atoms with Crippen LogP contribution < -0.4 is 11.1 Å². The second kappa shape index (κ2) is 5.25. The van der Waals surface area contributed by atoms with Crippen LogP contribution in [0.1, 0.15) is 10.4 Å². The molecule has 1 aromatic heterocycles. The van der Waals surface area contributed by atoms with Gasteiger partial charge in [-0.2, -0.15) is 0 Å². The van der Waals surface area contributed by atoms with Crippen molar-refractivity contribution >= 4 is 40.5 Å². The summed E-state index contributed by atoms with van der Waals surface area (Å²) in [6, 6.07) is 8.20. The Bertz CT molecular complexity index is 584. The molecule has 0 saturated heterocycles. The molecule has 0 fully saturated rings. The minimum atomic E-state index is -0.353. The molecular formula is C12H9Cl2N3O. The number of hydrogen-bond acceptors (Lipinski definition) is 3. The van der Waals surface area contributed by atoms with E-state index < -0.39 is 0 Å². The van der Waals surface area contributed by atoms with Gasteiger partial charge in [-0.05, 0) is 30.3 Å². The highest BCUT2D eigenvalue weighted by Gasteiger charge is 2.11. The van der Waals surface area contributed by atoms with Gasteiger partial charge in [-0.3, -0.25) is 4.79 Å². The van der Waals surface area contributed by atoms with Crippen molar-refractivity contribution in [2.45, 2.75) is 0 Å². The van der Waals surface area contributed by atoms with E-state index in [0.29, 0.717) is 11.4 Å². The Kier molecular flexibility index (Phi) is 3.69. The van der Waals surface area contributed by atoms with Gasteiger partial charge in [-0.1, -0.05) is 23.2 Å². The molecule has 2 aromatic rings. The quantitative estimate of drug-likeness (QED) is 0.656. The summed E-state index contributed by atoms with van der Waals surface area (Å²) in [6.07, 6.45) is 1.33. The van der Waals surface area contributed by atoms with Gasteiger partial charge in [-0.25, -0.2) is 4.98 Å². The third-order valence-electron chi connectivity index (χ3n) is 2.23. The van der Waals surface area contributed by atoms with E-state index in [0.717, 1.165) is 0 Å². The lowest BCUT2D eigenvalue weighted by Gasteiger charge is -2.06. The number of nitrogen functional groups attached to an aromatic ring is 1. The predicted molar refractivity (Wildman–Crippen MR) is 73.1 cm³/mol. The fourth-order valence-electron chi connectivity index (χ4n) is 1.34. The smallest absolute Gasteiger partial charge is 0.258 e. The van der Waals surface area contributed by atoms with Crippen molar-refractivity contribution in [2.24, 2.45) is 0 Å². The van der Waals surface area contributed by atoms with Crippen molar-refractivity contribution in [1.82, 2.24) is 4.98 Å². The summed E-state index contributed by atoms with van der Waals surface area (Å²) in [5.41, 5.74) is 7.06. The topological polar surface area (TPSA) is 68.0 Å². The lowest BCUT2D eigenvalue weighted by atomic mass is 10.2. The minimum Gasteiger partial charge on any atom is -0.399 e. The summed E-state index contributed by atoms with van der Waals surface area (Å²) in [4.78, 5) is 15.7. The summed E-state index contributed by atoms with van der Waals surface area (Å²) < 4.78 is 0. The number of rotatable bonds is 2. The number of aromatic nitrogens is 1. The van der Waals surface area contributed by atoms with Gasteiger partial charge >= 0.3 is 0 Å². The van der Waals surface area contributed by atoms with E-state index in [4.69, 9.17) is 28.9 Å². The highest BCUT2D eigenvalue weighted by atomic mass is 35.5. The lowest BCUT2D eigenvalue weighted by Crippen LogP contribution is -2.12. The third kappa shape index (κ3) is 2.91. The normalized spacial score (nSPS) is 10.1. The van der Waals surface area contributed by atoms with Gasteiger partial charge < -0.3 is 11.1 Å². The number of nitrogens with zero attached hydrogens (tertiary/aromatic N) is 1. The van der Waals surface area contributed by atoms with Gasteiger partial charge in [0.05, 0.1) is 10.6 Å². The Hall–Kier alpha value is -1.78. The van der Waals surface area contributed by atoms with E-state index in [1.54, 1.807) is 24.3 Å². The molecule has 0 aliphatic heterocycles. The maximum Gasteiger partial charge on any atom is 0.258 e. The van der Waals surface area contributed by atoms with Crippen molar-refractivity contribution in [2.75, 3.05) is 11.1 Å². The van der Waals surface area contributed by atoms with E-state index in [1.165, 1.54) is 12.3 Å². The molecular weight excluding hydrogens is 273 g/mol. The Balaban J connectivity index is 2.19. The predicted octanol–water partition coefficient (Wildman–Crippen LogP) is 3.22. The molecule has 0 bridgehead atoms. The summed E-state index contributed by atoms with van der Waals surface area (Å²) in [7, 11) is 0. The molecule has 0 unspecified atom stereocenters. The fraction of sp³-hybridized carbons (Fsp3) is 0. The van der Waals surface area contributed by atoms with Crippen molar-refractivity contribution in [3.05, 3.63) is 52.3 Å². The zero-order valence-electron chi connectivity index (χ0n) is 9.15. The van der Waals surface area contributed by atoms with Gasteiger partial charge in [0.2, 0.25) is 0 Å². The first kappa shape index (κ1) is 12.7. The van der Waals surface area contributed by atoms with Gasteiger partial charge in [0.15, 0.2) is 0 Å². The van der Waals surface area contributed by atoms with E-state index in [2.05, 4.69) is 10.3 Å². The molecule has 0 aliphatic rings. The first-order valence-electron chi connectivity index (χ1n) is 5.04. The molecule has 3 N–H and O–H groups in total.